The van der Waals surface area contributed by atoms with E-state index in [1.807, 2.05) is 0 Å². The number of hydrogen-bond donors (Lipinski definition) is 0. The number of fused-ring (bicyclic) bond motifs is 1. The van der Waals surface area contributed by atoms with Crippen LogP contribution in [0.5, 0.6) is 5.75 Å². The largest absolute Gasteiger partial charge is 0.482 e. The van der Waals surface area contributed by atoms with Gasteiger partial charge in [-0.15, -0.1) is 0 Å². The van der Waals surface area contributed by atoms with Crippen LogP contribution in [0.3, 0.4) is 0 Å². The van der Waals surface area contributed by atoms with Gasteiger partial charge in [-0.25, -0.2) is 0 Å². The van der Waals surface area contributed by atoms with Crippen molar-refractivity contribution in [1.82, 2.24) is 0 Å². The van der Waals surface area contributed by atoms with Crippen molar-refractivity contribution >= 4 is 0 Å². The lowest BCUT2D eigenvalue weighted by molar-refractivity contribution is 0.283. The summed E-state index contributed by atoms with van der Waals surface area (Å²) in [6.07, 6.45) is 12.0. The maximum atomic E-state index is 6.24. The standard InChI is InChI=1S/C21H24O/c1-15-13-16-7-5-6-8-19(16)20(14-15)22-18-11-9-17(10-12-18)21(2,3)4/h5-6,8-14,20H,7H2,1-4H3. The fourth-order valence-electron chi connectivity index (χ4n) is 2.94. The molecule has 0 saturated carbocycles. The molecule has 1 aromatic carbocycles. The van der Waals surface area contributed by atoms with Gasteiger partial charge < -0.3 is 4.74 Å². The van der Waals surface area contributed by atoms with Crippen LogP contribution in [-0.2, 0) is 5.41 Å². The topological polar surface area (TPSA) is 9.23 Å². The summed E-state index contributed by atoms with van der Waals surface area (Å²) in [5.74, 6) is 0.929. The second-order valence-electron chi connectivity index (χ2n) is 7.15. The Morgan fingerprint density at radius 1 is 1.09 bits per heavy atom. The summed E-state index contributed by atoms with van der Waals surface area (Å²) >= 11 is 0. The first kappa shape index (κ1) is 14.9. The lowest BCUT2D eigenvalue weighted by Crippen LogP contribution is -2.22. The van der Waals surface area contributed by atoms with Gasteiger partial charge in [0.2, 0.25) is 0 Å². The molecule has 1 heteroatoms. The molecule has 1 nitrogen and oxygen atoms in total. The van der Waals surface area contributed by atoms with Gasteiger partial charge in [-0.3, -0.25) is 0 Å². The van der Waals surface area contributed by atoms with Crippen LogP contribution in [0, 0.1) is 0 Å². The van der Waals surface area contributed by atoms with Gasteiger partial charge in [-0.05, 0) is 53.7 Å². The Kier molecular flexibility index (Phi) is 3.82. The van der Waals surface area contributed by atoms with Crippen molar-refractivity contribution in [2.45, 2.75) is 45.6 Å². The summed E-state index contributed by atoms with van der Waals surface area (Å²) < 4.78 is 6.24. The molecule has 0 aliphatic heterocycles. The molecule has 0 aromatic heterocycles. The summed E-state index contributed by atoms with van der Waals surface area (Å²) in [4.78, 5) is 0. The SMILES string of the molecule is CC1=CC(Oc2ccc(C(C)(C)C)cc2)C2=CC=CCC2=C1. The molecule has 1 atom stereocenters. The van der Waals surface area contributed by atoms with Crippen LogP contribution in [0.2, 0.25) is 0 Å². The first-order valence-electron chi connectivity index (χ1n) is 7.97. The van der Waals surface area contributed by atoms with Crippen LogP contribution in [0.25, 0.3) is 0 Å². The highest BCUT2D eigenvalue weighted by Crippen LogP contribution is 2.32. The smallest absolute Gasteiger partial charge is 0.143 e. The molecule has 0 saturated heterocycles. The van der Waals surface area contributed by atoms with Crippen LogP contribution in [0.15, 0.2) is 71.4 Å². The fourth-order valence-corrected chi connectivity index (χ4v) is 2.94. The van der Waals surface area contributed by atoms with Crippen molar-refractivity contribution in [3.05, 3.63) is 76.9 Å². The summed E-state index contributed by atoms with van der Waals surface area (Å²) in [7, 11) is 0. The first-order chi connectivity index (χ1) is 10.4. The normalized spacial score (nSPS) is 20.7. The molecule has 0 bridgehead atoms. The first-order valence-corrected chi connectivity index (χ1v) is 7.97. The van der Waals surface area contributed by atoms with Gasteiger partial charge in [-0.1, -0.05) is 62.8 Å². The molecule has 1 unspecified atom stereocenters. The average Bonchev–Trinajstić information content (AvgIpc) is 2.46. The maximum absolute atomic E-state index is 6.24. The molecule has 0 radical (unpaired) electrons. The van der Waals surface area contributed by atoms with E-state index in [1.54, 1.807) is 0 Å². The molecular weight excluding hydrogens is 268 g/mol. The summed E-state index contributed by atoms with van der Waals surface area (Å²) in [6, 6.07) is 8.50. The predicted octanol–water partition coefficient (Wildman–Crippen LogP) is 5.50. The summed E-state index contributed by atoms with van der Waals surface area (Å²) in [5, 5.41) is 0. The van der Waals surface area contributed by atoms with Crippen LogP contribution < -0.4 is 4.74 Å². The monoisotopic (exact) mass is 292 g/mol. The van der Waals surface area contributed by atoms with Crippen LogP contribution in [-0.4, -0.2) is 6.10 Å². The zero-order valence-corrected chi connectivity index (χ0v) is 13.9. The second-order valence-corrected chi connectivity index (χ2v) is 7.15. The fraction of sp³-hybridized carbons (Fsp3) is 0.333. The minimum absolute atomic E-state index is 0.0189. The van der Waals surface area contributed by atoms with E-state index in [4.69, 9.17) is 4.74 Å². The lowest BCUT2D eigenvalue weighted by Gasteiger charge is -2.27. The molecule has 0 heterocycles. The van der Waals surface area contributed by atoms with Gasteiger partial charge in [0.15, 0.2) is 0 Å². The molecule has 0 fully saturated rings. The van der Waals surface area contributed by atoms with E-state index in [-0.39, 0.29) is 11.5 Å². The molecule has 3 rings (SSSR count). The Labute approximate surface area is 133 Å². The van der Waals surface area contributed by atoms with Crippen LogP contribution >= 0.6 is 0 Å². The minimum Gasteiger partial charge on any atom is -0.482 e. The highest BCUT2D eigenvalue weighted by Gasteiger charge is 2.22. The molecule has 2 aliphatic rings. The highest BCUT2D eigenvalue weighted by molar-refractivity contribution is 5.51. The van der Waals surface area contributed by atoms with Crippen molar-refractivity contribution in [2.75, 3.05) is 0 Å². The van der Waals surface area contributed by atoms with Gasteiger partial charge >= 0.3 is 0 Å². The Morgan fingerprint density at radius 3 is 2.50 bits per heavy atom. The number of rotatable bonds is 2. The Hall–Kier alpha value is -2.02. The Morgan fingerprint density at radius 2 is 1.82 bits per heavy atom. The summed E-state index contributed by atoms with van der Waals surface area (Å²) in [5.41, 5.74) is 5.44. The molecule has 114 valence electrons. The number of hydrogen-bond acceptors (Lipinski definition) is 1. The van der Waals surface area contributed by atoms with E-state index in [2.05, 4.69) is 82.3 Å². The number of allylic oxidation sites excluding steroid dienone is 5. The molecule has 2 aliphatic carbocycles. The molecule has 0 spiro atoms. The zero-order valence-electron chi connectivity index (χ0n) is 13.9. The van der Waals surface area contributed by atoms with E-state index in [0.717, 1.165) is 12.2 Å². The van der Waals surface area contributed by atoms with Crippen molar-refractivity contribution in [3.63, 3.8) is 0 Å². The van der Waals surface area contributed by atoms with E-state index in [1.165, 1.54) is 22.3 Å². The van der Waals surface area contributed by atoms with Gasteiger partial charge in [0.05, 0.1) is 0 Å². The zero-order chi connectivity index (χ0) is 15.7. The number of ether oxygens (including phenoxy) is 1. The van der Waals surface area contributed by atoms with Crippen molar-refractivity contribution < 1.29 is 4.74 Å². The molecule has 0 N–H and O–H groups in total. The van der Waals surface area contributed by atoms with E-state index >= 15 is 0 Å². The van der Waals surface area contributed by atoms with Gasteiger partial charge in [0.1, 0.15) is 11.9 Å². The van der Waals surface area contributed by atoms with E-state index in [0.29, 0.717) is 0 Å². The quantitative estimate of drug-likeness (QED) is 0.699. The lowest BCUT2D eigenvalue weighted by atomic mass is 9.87. The molecule has 1 aromatic rings. The molecule has 0 amide bonds. The van der Waals surface area contributed by atoms with Crippen LogP contribution in [0.4, 0.5) is 0 Å². The third kappa shape index (κ3) is 3.09. The maximum Gasteiger partial charge on any atom is 0.143 e. The molecule has 22 heavy (non-hydrogen) atoms. The predicted molar refractivity (Wildman–Crippen MR) is 93.2 cm³/mol. The van der Waals surface area contributed by atoms with Gasteiger partial charge in [-0.2, -0.15) is 0 Å². The summed E-state index contributed by atoms with van der Waals surface area (Å²) in [6.45, 7) is 8.83. The third-order valence-corrected chi connectivity index (χ3v) is 4.23. The van der Waals surface area contributed by atoms with Crippen molar-refractivity contribution in [1.29, 1.82) is 0 Å². The Balaban J connectivity index is 1.82. The minimum atomic E-state index is 0.0189. The van der Waals surface area contributed by atoms with Crippen LogP contribution in [0.1, 0.15) is 39.7 Å². The van der Waals surface area contributed by atoms with Crippen molar-refractivity contribution in [2.24, 2.45) is 0 Å². The second kappa shape index (κ2) is 5.64. The van der Waals surface area contributed by atoms with Gasteiger partial charge in [0.25, 0.3) is 0 Å². The van der Waals surface area contributed by atoms with E-state index < -0.39 is 0 Å². The van der Waals surface area contributed by atoms with Crippen molar-refractivity contribution in [3.8, 4) is 5.75 Å². The third-order valence-electron chi connectivity index (χ3n) is 4.23. The average molecular weight is 292 g/mol. The Bertz CT molecular complexity index is 676. The molecular formula is C21H24O. The van der Waals surface area contributed by atoms with E-state index in [9.17, 15) is 0 Å². The van der Waals surface area contributed by atoms with Gasteiger partial charge in [0, 0.05) is 0 Å². The highest BCUT2D eigenvalue weighted by atomic mass is 16.5. The number of benzene rings is 1.